The molecule has 8 nitrogen and oxygen atoms in total. The highest BCUT2D eigenvalue weighted by Crippen LogP contribution is 2.34. The van der Waals surface area contributed by atoms with E-state index in [9.17, 15) is 28.1 Å². The van der Waals surface area contributed by atoms with E-state index in [4.69, 9.17) is 16.3 Å². The molecule has 4 rings (SSSR count). The Balaban J connectivity index is 1.58. The molecule has 0 bridgehead atoms. The van der Waals surface area contributed by atoms with E-state index in [-0.39, 0.29) is 40.9 Å². The van der Waals surface area contributed by atoms with Crippen LogP contribution in [0.1, 0.15) is 36.8 Å². The van der Waals surface area contributed by atoms with Crippen molar-refractivity contribution in [3.05, 3.63) is 58.6 Å². The van der Waals surface area contributed by atoms with E-state index in [0.717, 1.165) is 24.8 Å². The molecule has 2 aliphatic rings. The summed E-state index contributed by atoms with van der Waals surface area (Å²) in [5.74, 6) is -2.55. The predicted molar refractivity (Wildman–Crippen MR) is 135 cm³/mol. The van der Waals surface area contributed by atoms with Crippen molar-refractivity contribution in [2.24, 2.45) is 11.8 Å². The third kappa shape index (κ3) is 6.48. The number of halogens is 1. The van der Waals surface area contributed by atoms with E-state index in [2.05, 4.69) is 5.32 Å². The van der Waals surface area contributed by atoms with Crippen molar-refractivity contribution in [3.63, 3.8) is 0 Å². The topological polar surface area (TPSA) is 130 Å². The zero-order valence-corrected chi connectivity index (χ0v) is 21.3. The zero-order valence-electron chi connectivity index (χ0n) is 19.7. The van der Waals surface area contributed by atoms with Gasteiger partial charge in [0, 0.05) is 18.1 Å². The lowest BCUT2D eigenvalue weighted by molar-refractivity contribution is -0.125. The number of fused-ring (bicyclic) bond motifs is 1. The summed E-state index contributed by atoms with van der Waals surface area (Å²) in [5, 5.41) is 22.3. The van der Waals surface area contributed by atoms with Crippen molar-refractivity contribution in [2.45, 2.75) is 49.4 Å². The molecule has 2 aromatic rings. The summed E-state index contributed by atoms with van der Waals surface area (Å²) in [7, 11) is -5.81. The number of amides is 1. The predicted octanol–water partition coefficient (Wildman–Crippen LogP) is 2.16. The van der Waals surface area contributed by atoms with Crippen LogP contribution >= 0.6 is 11.6 Å². The molecule has 0 aromatic heterocycles. The smallest absolute Gasteiger partial charge is 0.475 e. The molecule has 1 saturated carbocycles. The third-order valence-corrected chi connectivity index (χ3v) is 9.12. The minimum Gasteiger partial charge on any atom is -0.485 e. The number of Topliss-reactive ketones (excluding diaryl/α,β-unsaturated/α-hetero) is 1. The molecule has 2 atom stereocenters. The number of hydrogen-bond donors (Lipinski definition) is 3. The normalized spacial score (nSPS) is 17.4. The monoisotopic (exact) mass is 533 g/mol. The van der Waals surface area contributed by atoms with E-state index in [0.29, 0.717) is 17.9 Å². The molecule has 192 valence electrons. The van der Waals surface area contributed by atoms with E-state index < -0.39 is 40.5 Å². The number of carbonyl (C=O) groups excluding carboxylic acids is 2. The largest absolute Gasteiger partial charge is 0.485 e. The van der Waals surface area contributed by atoms with Crippen LogP contribution in [-0.2, 0) is 32.3 Å². The van der Waals surface area contributed by atoms with Gasteiger partial charge in [0.05, 0.1) is 27.5 Å². The highest BCUT2D eigenvalue weighted by atomic mass is 35.5. The van der Waals surface area contributed by atoms with Gasteiger partial charge in [0.1, 0.15) is 12.4 Å². The minimum atomic E-state index is -4.06. The molecule has 0 radical (unpaired) electrons. The highest BCUT2D eigenvalue weighted by Gasteiger charge is 2.35. The summed E-state index contributed by atoms with van der Waals surface area (Å²) in [6.07, 6.45) is 3.66. The van der Waals surface area contributed by atoms with Crippen molar-refractivity contribution in [3.8, 4) is 5.75 Å². The molecular formula is C25H29BClNO7S. The second-order valence-electron chi connectivity index (χ2n) is 9.62. The van der Waals surface area contributed by atoms with Crippen LogP contribution in [0.15, 0.2) is 47.4 Å². The number of sulfone groups is 1. The number of hydrogen-bond acceptors (Lipinski definition) is 7. The van der Waals surface area contributed by atoms with Crippen LogP contribution in [0.5, 0.6) is 5.75 Å². The van der Waals surface area contributed by atoms with Gasteiger partial charge in [-0.25, -0.2) is 8.42 Å². The summed E-state index contributed by atoms with van der Waals surface area (Å²) >= 11 is 6.31. The Hall–Kier alpha value is -2.40. The Morgan fingerprint density at radius 1 is 1.19 bits per heavy atom. The molecule has 0 spiro atoms. The fourth-order valence-electron chi connectivity index (χ4n) is 4.63. The van der Waals surface area contributed by atoms with Gasteiger partial charge in [-0.05, 0) is 30.4 Å². The SMILES string of the molecule is O=C1COc2cc(S(=O)(=O)C[C@@H](Cc3ccccc3)C(=O)N[C@@H](CC3CCC3)B(O)O)c(Cl)cc2C1. The van der Waals surface area contributed by atoms with Crippen LogP contribution in [0.2, 0.25) is 5.02 Å². The molecule has 1 heterocycles. The van der Waals surface area contributed by atoms with Crippen molar-refractivity contribution < 1.29 is 32.8 Å². The Morgan fingerprint density at radius 3 is 2.56 bits per heavy atom. The van der Waals surface area contributed by atoms with Crippen LogP contribution in [0.3, 0.4) is 0 Å². The Labute approximate surface area is 216 Å². The molecule has 3 N–H and O–H groups in total. The Bertz CT molecular complexity index is 1220. The average Bonchev–Trinajstić information content (AvgIpc) is 2.79. The third-order valence-electron chi connectivity index (χ3n) is 6.84. The quantitative estimate of drug-likeness (QED) is 0.399. The molecule has 2 aromatic carbocycles. The van der Waals surface area contributed by atoms with Gasteiger partial charge in [-0.3, -0.25) is 9.59 Å². The van der Waals surface area contributed by atoms with Gasteiger partial charge in [0.2, 0.25) is 5.91 Å². The van der Waals surface area contributed by atoms with Gasteiger partial charge in [0.15, 0.2) is 15.6 Å². The van der Waals surface area contributed by atoms with Crippen molar-refractivity contribution >= 4 is 40.2 Å². The van der Waals surface area contributed by atoms with Gasteiger partial charge in [-0.1, -0.05) is 61.2 Å². The molecule has 0 unspecified atom stereocenters. The lowest BCUT2D eigenvalue weighted by Gasteiger charge is -2.30. The van der Waals surface area contributed by atoms with Crippen LogP contribution in [0, 0.1) is 11.8 Å². The van der Waals surface area contributed by atoms with Crippen LogP contribution in [-0.4, -0.2) is 55.6 Å². The number of ketones is 1. The van der Waals surface area contributed by atoms with Crippen LogP contribution in [0.4, 0.5) is 0 Å². The van der Waals surface area contributed by atoms with E-state index in [1.807, 2.05) is 6.07 Å². The number of ether oxygens (including phenoxy) is 1. The van der Waals surface area contributed by atoms with Gasteiger partial charge < -0.3 is 20.1 Å². The number of rotatable bonds is 10. The molecule has 36 heavy (non-hydrogen) atoms. The van der Waals surface area contributed by atoms with E-state index in [1.165, 1.54) is 12.1 Å². The highest BCUT2D eigenvalue weighted by molar-refractivity contribution is 7.91. The number of benzene rings is 2. The summed E-state index contributed by atoms with van der Waals surface area (Å²) in [6, 6.07) is 11.8. The van der Waals surface area contributed by atoms with E-state index in [1.54, 1.807) is 24.3 Å². The second-order valence-corrected chi connectivity index (χ2v) is 12.0. The fraction of sp³-hybridized carbons (Fsp3) is 0.440. The summed E-state index contributed by atoms with van der Waals surface area (Å²) in [5.41, 5.74) is 1.29. The van der Waals surface area contributed by atoms with Gasteiger partial charge >= 0.3 is 7.12 Å². The first-order valence-corrected chi connectivity index (χ1v) is 14.1. The molecule has 1 aliphatic carbocycles. The van der Waals surface area contributed by atoms with Crippen LogP contribution in [0.25, 0.3) is 0 Å². The Morgan fingerprint density at radius 2 is 1.92 bits per heavy atom. The molecule has 11 heteroatoms. The maximum Gasteiger partial charge on any atom is 0.475 e. The minimum absolute atomic E-state index is 0.0421. The molecule has 1 fully saturated rings. The first-order chi connectivity index (χ1) is 17.1. The lowest BCUT2D eigenvalue weighted by Crippen LogP contribution is -2.50. The first kappa shape index (κ1) is 26.7. The molecule has 1 amide bonds. The Kier molecular flexibility index (Phi) is 8.39. The fourth-order valence-corrected chi connectivity index (χ4v) is 6.79. The lowest BCUT2D eigenvalue weighted by atomic mass is 9.69. The van der Waals surface area contributed by atoms with Crippen LogP contribution < -0.4 is 10.1 Å². The second kappa shape index (κ2) is 11.3. The molecule has 0 saturated heterocycles. The summed E-state index contributed by atoms with van der Waals surface area (Å²) in [6.45, 7) is -0.140. The van der Waals surface area contributed by atoms with Gasteiger partial charge in [-0.2, -0.15) is 0 Å². The zero-order chi connectivity index (χ0) is 25.9. The maximum atomic E-state index is 13.5. The standard InChI is InChI=1S/C25H29BClNO7S/c27-21-12-18-11-20(29)14-35-22(18)13-23(21)36(33,34)15-19(9-16-5-2-1-3-6-16)25(30)28-24(26(31)32)10-17-7-4-8-17/h1-3,5-6,12-13,17,19,24,31-32H,4,7-11,14-15H2,(H,28,30)/t19-,24+/m1/s1. The maximum absolute atomic E-state index is 13.5. The van der Waals surface area contributed by atoms with Gasteiger partial charge in [0.25, 0.3) is 0 Å². The molecular weight excluding hydrogens is 505 g/mol. The van der Waals surface area contributed by atoms with Crippen molar-refractivity contribution in [1.82, 2.24) is 5.32 Å². The number of carbonyl (C=O) groups is 2. The van der Waals surface area contributed by atoms with Crippen molar-refractivity contribution in [2.75, 3.05) is 12.4 Å². The van der Waals surface area contributed by atoms with E-state index >= 15 is 0 Å². The molecule has 1 aliphatic heterocycles. The summed E-state index contributed by atoms with van der Waals surface area (Å²) in [4.78, 5) is 24.8. The number of nitrogens with one attached hydrogen (secondary N) is 1. The average molecular weight is 534 g/mol. The van der Waals surface area contributed by atoms with Gasteiger partial charge in [-0.15, -0.1) is 0 Å². The van der Waals surface area contributed by atoms with Crippen molar-refractivity contribution in [1.29, 1.82) is 0 Å². The summed E-state index contributed by atoms with van der Waals surface area (Å²) < 4.78 is 32.3. The first-order valence-electron chi connectivity index (χ1n) is 12.0.